The number of nitrogens with one attached hydrogen (secondary N) is 1. The highest BCUT2D eigenvalue weighted by molar-refractivity contribution is 5.57. The van der Waals surface area contributed by atoms with Crippen LogP contribution in [0.25, 0.3) is 23.1 Å². The molecule has 0 amide bonds. The Labute approximate surface area is 100 Å². The molecule has 0 bridgehead atoms. The largest absolute Gasteiger partial charge is 0.508 e. The quantitative estimate of drug-likeness (QED) is 0.721. The number of aromatic hydroxyl groups is 1. The number of H-pyrrole nitrogens is 1. The third-order valence-electron chi connectivity index (χ3n) is 2.32. The van der Waals surface area contributed by atoms with Crippen LogP contribution in [-0.4, -0.2) is 25.2 Å². The number of hydrogen-bond acceptors (Lipinski definition) is 5. The van der Waals surface area contributed by atoms with Crippen molar-refractivity contribution in [3.05, 3.63) is 36.4 Å². The molecule has 18 heavy (non-hydrogen) atoms. The lowest BCUT2D eigenvalue weighted by Gasteiger charge is -1.97. The van der Waals surface area contributed by atoms with E-state index in [1.807, 2.05) is 0 Å². The highest BCUT2D eigenvalue weighted by Crippen LogP contribution is 2.25. The number of imidazole rings is 1. The van der Waals surface area contributed by atoms with E-state index in [1.165, 1.54) is 12.1 Å². The molecule has 0 saturated heterocycles. The maximum atomic E-state index is 13.6. The average Bonchev–Trinajstić information content (AvgIpc) is 2.99. The number of aromatic nitrogens is 4. The van der Waals surface area contributed by atoms with Crippen LogP contribution >= 0.6 is 0 Å². The minimum Gasteiger partial charge on any atom is -0.508 e. The Morgan fingerprint density at radius 2 is 2.22 bits per heavy atom. The molecule has 0 aliphatic rings. The van der Waals surface area contributed by atoms with E-state index in [9.17, 15) is 4.39 Å². The molecule has 6 nitrogen and oxygen atoms in total. The molecule has 0 aliphatic heterocycles. The van der Waals surface area contributed by atoms with Gasteiger partial charge >= 0.3 is 0 Å². The lowest BCUT2D eigenvalue weighted by atomic mass is 10.2. The van der Waals surface area contributed by atoms with Gasteiger partial charge in [-0.25, -0.2) is 9.37 Å². The van der Waals surface area contributed by atoms with Crippen LogP contribution in [0.3, 0.4) is 0 Å². The zero-order valence-corrected chi connectivity index (χ0v) is 8.96. The molecular weight excluding hydrogens is 239 g/mol. The molecule has 2 aromatic heterocycles. The first-order chi connectivity index (χ1) is 8.74. The molecule has 0 radical (unpaired) electrons. The molecular formula is C11H7FN4O2. The fraction of sp³-hybridized carbons (Fsp3) is 0. The summed E-state index contributed by atoms with van der Waals surface area (Å²) in [5.74, 6) is -0.0998. The second kappa shape index (κ2) is 3.95. The molecule has 7 heteroatoms. The Morgan fingerprint density at radius 3 is 2.94 bits per heavy atom. The molecule has 0 aliphatic carbocycles. The monoisotopic (exact) mass is 246 g/mol. The number of nitrogens with zero attached hydrogens (tertiary/aromatic N) is 3. The Hall–Kier alpha value is -2.70. The van der Waals surface area contributed by atoms with Gasteiger partial charge in [0.25, 0.3) is 5.89 Å². The summed E-state index contributed by atoms with van der Waals surface area (Å²) in [5.41, 5.74) is 0.123. The number of halogens is 1. The van der Waals surface area contributed by atoms with Gasteiger partial charge in [-0.3, -0.25) is 0 Å². The van der Waals surface area contributed by atoms with Crippen LogP contribution in [0.2, 0.25) is 0 Å². The second-order valence-corrected chi connectivity index (χ2v) is 3.53. The van der Waals surface area contributed by atoms with Crippen molar-refractivity contribution >= 4 is 0 Å². The first kappa shape index (κ1) is 10.5. The van der Waals surface area contributed by atoms with E-state index < -0.39 is 5.82 Å². The third kappa shape index (κ3) is 1.71. The maximum Gasteiger partial charge on any atom is 0.261 e. The predicted octanol–water partition coefficient (Wildman–Crippen LogP) is 1.97. The number of phenolic OH excluding ortho intramolecular Hbond substituents is 1. The minimum absolute atomic E-state index is 0.0268. The zero-order chi connectivity index (χ0) is 12.5. The van der Waals surface area contributed by atoms with Gasteiger partial charge in [0.1, 0.15) is 11.6 Å². The van der Waals surface area contributed by atoms with Crippen LogP contribution in [0.4, 0.5) is 4.39 Å². The van der Waals surface area contributed by atoms with E-state index >= 15 is 0 Å². The van der Waals surface area contributed by atoms with E-state index in [2.05, 4.69) is 20.1 Å². The molecule has 0 saturated carbocycles. The van der Waals surface area contributed by atoms with Crippen molar-refractivity contribution in [3.63, 3.8) is 0 Å². The molecule has 1 aromatic carbocycles. The molecule has 0 spiro atoms. The average molecular weight is 246 g/mol. The van der Waals surface area contributed by atoms with Gasteiger partial charge < -0.3 is 14.6 Å². The van der Waals surface area contributed by atoms with Crippen molar-refractivity contribution in [2.24, 2.45) is 0 Å². The van der Waals surface area contributed by atoms with E-state index in [1.54, 1.807) is 12.4 Å². The van der Waals surface area contributed by atoms with Gasteiger partial charge in [-0.1, -0.05) is 5.16 Å². The van der Waals surface area contributed by atoms with Crippen molar-refractivity contribution < 1.29 is 14.0 Å². The van der Waals surface area contributed by atoms with Crippen molar-refractivity contribution in [1.29, 1.82) is 0 Å². The SMILES string of the molecule is Oc1ccc(-c2nc(-c3ncc[nH]3)no2)c(F)c1. The molecule has 0 unspecified atom stereocenters. The predicted molar refractivity (Wildman–Crippen MR) is 58.9 cm³/mol. The van der Waals surface area contributed by atoms with Crippen LogP contribution in [0.15, 0.2) is 35.1 Å². The summed E-state index contributed by atoms with van der Waals surface area (Å²) in [4.78, 5) is 10.8. The molecule has 3 aromatic rings. The molecule has 2 N–H and O–H groups in total. The van der Waals surface area contributed by atoms with Gasteiger partial charge in [0.15, 0.2) is 5.82 Å². The lowest BCUT2D eigenvalue weighted by molar-refractivity contribution is 0.428. The van der Waals surface area contributed by atoms with Gasteiger partial charge in [-0.15, -0.1) is 0 Å². The van der Waals surface area contributed by atoms with Gasteiger partial charge in [-0.2, -0.15) is 4.98 Å². The number of aromatic amines is 1. The zero-order valence-electron chi connectivity index (χ0n) is 8.96. The maximum absolute atomic E-state index is 13.6. The van der Waals surface area contributed by atoms with Crippen molar-refractivity contribution in [2.75, 3.05) is 0 Å². The molecule has 0 fully saturated rings. The Balaban J connectivity index is 2.03. The number of hydrogen-bond donors (Lipinski definition) is 2. The first-order valence-electron chi connectivity index (χ1n) is 5.06. The summed E-state index contributed by atoms with van der Waals surface area (Å²) in [7, 11) is 0. The van der Waals surface area contributed by atoms with Gasteiger partial charge in [0.05, 0.1) is 5.56 Å². The highest BCUT2D eigenvalue weighted by Gasteiger charge is 2.15. The van der Waals surface area contributed by atoms with E-state index in [0.717, 1.165) is 6.07 Å². The summed E-state index contributed by atoms with van der Waals surface area (Å²) in [6.07, 6.45) is 3.17. The van der Waals surface area contributed by atoms with Crippen molar-refractivity contribution in [1.82, 2.24) is 20.1 Å². The molecule has 2 heterocycles. The normalized spacial score (nSPS) is 10.7. The van der Waals surface area contributed by atoms with Gasteiger partial charge in [0, 0.05) is 18.5 Å². The molecule has 90 valence electrons. The Morgan fingerprint density at radius 1 is 1.33 bits per heavy atom. The third-order valence-corrected chi connectivity index (χ3v) is 2.32. The van der Waals surface area contributed by atoms with E-state index in [4.69, 9.17) is 9.63 Å². The topological polar surface area (TPSA) is 87.8 Å². The van der Waals surface area contributed by atoms with Crippen LogP contribution in [0.1, 0.15) is 0 Å². The molecule has 3 rings (SSSR count). The smallest absolute Gasteiger partial charge is 0.261 e. The summed E-state index contributed by atoms with van der Waals surface area (Å²) in [5, 5.41) is 12.8. The second-order valence-electron chi connectivity index (χ2n) is 3.53. The standard InChI is InChI=1S/C11H7FN4O2/c12-8-5-6(17)1-2-7(8)11-15-10(16-18-11)9-13-3-4-14-9/h1-5,17H,(H,13,14). The Bertz CT molecular complexity index is 678. The van der Waals surface area contributed by atoms with E-state index in [-0.39, 0.29) is 23.0 Å². The van der Waals surface area contributed by atoms with Gasteiger partial charge in [0.2, 0.25) is 5.82 Å². The highest BCUT2D eigenvalue weighted by atomic mass is 19.1. The lowest BCUT2D eigenvalue weighted by Crippen LogP contribution is -1.85. The number of benzene rings is 1. The van der Waals surface area contributed by atoms with Crippen LogP contribution < -0.4 is 0 Å². The fourth-order valence-electron chi connectivity index (χ4n) is 1.49. The number of phenols is 1. The summed E-state index contributed by atoms with van der Waals surface area (Å²) in [6.45, 7) is 0. The van der Waals surface area contributed by atoms with Crippen LogP contribution in [0, 0.1) is 5.82 Å². The first-order valence-corrected chi connectivity index (χ1v) is 5.06. The summed E-state index contributed by atoms with van der Waals surface area (Å²) in [6, 6.07) is 3.69. The molecule has 0 atom stereocenters. The summed E-state index contributed by atoms with van der Waals surface area (Å²) >= 11 is 0. The van der Waals surface area contributed by atoms with E-state index in [0.29, 0.717) is 5.82 Å². The Kier molecular flexibility index (Phi) is 2.30. The summed E-state index contributed by atoms with van der Waals surface area (Å²) < 4.78 is 18.5. The van der Waals surface area contributed by atoms with Crippen LogP contribution in [-0.2, 0) is 0 Å². The van der Waals surface area contributed by atoms with Crippen molar-refractivity contribution in [2.45, 2.75) is 0 Å². The fourth-order valence-corrected chi connectivity index (χ4v) is 1.49. The van der Waals surface area contributed by atoms with Crippen LogP contribution in [0.5, 0.6) is 5.75 Å². The minimum atomic E-state index is -0.635. The number of rotatable bonds is 2. The van der Waals surface area contributed by atoms with Crippen molar-refractivity contribution in [3.8, 4) is 28.9 Å². The van der Waals surface area contributed by atoms with Gasteiger partial charge in [-0.05, 0) is 12.1 Å².